The average Bonchev–Trinajstić information content (AvgIpc) is 3.09. The molecule has 2 unspecified atom stereocenters. The number of carbonyl (C=O) groups is 3. The van der Waals surface area contributed by atoms with Crippen molar-refractivity contribution in [3.05, 3.63) is 42.8 Å². The van der Waals surface area contributed by atoms with Crippen LogP contribution in [-0.2, 0) is 9.53 Å². The van der Waals surface area contributed by atoms with Gasteiger partial charge in [-0.2, -0.15) is 0 Å². The maximum absolute atomic E-state index is 12.8. The zero-order valence-electron chi connectivity index (χ0n) is 12.7. The average molecular weight is 350 g/mol. The number of carbonyl (C=O) groups excluding carboxylic acids is 3. The van der Waals surface area contributed by atoms with Crippen LogP contribution in [0, 0.1) is 0 Å². The van der Waals surface area contributed by atoms with Gasteiger partial charge < -0.3 is 9.84 Å². The van der Waals surface area contributed by atoms with E-state index >= 15 is 0 Å². The molecular formula is C16H14O5S2. The molecule has 1 aliphatic carbocycles. The highest BCUT2D eigenvalue weighted by molar-refractivity contribution is 7.18. The molecule has 0 spiro atoms. The van der Waals surface area contributed by atoms with Crippen molar-refractivity contribution in [2.24, 2.45) is 0 Å². The van der Waals surface area contributed by atoms with Crippen molar-refractivity contribution in [2.75, 3.05) is 0 Å². The largest absolute Gasteiger partial charge is 0.458 e. The van der Waals surface area contributed by atoms with Crippen LogP contribution in [0.15, 0.2) is 11.4 Å². The molecule has 0 radical (unpaired) electrons. The van der Waals surface area contributed by atoms with Crippen molar-refractivity contribution >= 4 is 40.2 Å². The van der Waals surface area contributed by atoms with Crippen molar-refractivity contribution in [2.45, 2.75) is 33.0 Å². The summed E-state index contributed by atoms with van der Waals surface area (Å²) in [6.07, 6.45) is -1.33. The van der Waals surface area contributed by atoms with Gasteiger partial charge in [-0.1, -0.05) is 0 Å². The molecule has 1 aliphatic rings. The molecule has 120 valence electrons. The molecule has 2 aromatic rings. The van der Waals surface area contributed by atoms with Gasteiger partial charge in [0.2, 0.25) is 5.78 Å². The first-order chi connectivity index (χ1) is 10.8. The Labute approximate surface area is 140 Å². The van der Waals surface area contributed by atoms with E-state index < -0.39 is 18.2 Å². The van der Waals surface area contributed by atoms with Crippen LogP contribution in [0.5, 0.6) is 0 Å². The SMILES string of the molecule is CC(=O)OC(C)c1csc2c1C(=O)c1cc(C(C)O)sc1C2=O. The van der Waals surface area contributed by atoms with Crippen molar-refractivity contribution in [3.63, 3.8) is 0 Å². The van der Waals surface area contributed by atoms with Crippen LogP contribution in [0.2, 0.25) is 0 Å². The van der Waals surface area contributed by atoms with Crippen LogP contribution >= 0.6 is 22.7 Å². The molecular weight excluding hydrogens is 336 g/mol. The third kappa shape index (κ3) is 2.54. The summed E-state index contributed by atoms with van der Waals surface area (Å²) in [5, 5.41) is 11.4. The number of ketones is 2. The molecule has 2 heterocycles. The highest BCUT2D eigenvalue weighted by atomic mass is 32.1. The standard InChI is InChI=1S/C16H14O5S2/c1-6(17)11-4-9-13(19)12-10(7(2)21-8(3)18)5-22-16(12)14(20)15(9)23-11/h4-7,17H,1-3H3. The summed E-state index contributed by atoms with van der Waals surface area (Å²) in [6.45, 7) is 4.57. The van der Waals surface area contributed by atoms with E-state index in [0.29, 0.717) is 31.3 Å². The maximum Gasteiger partial charge on any atom is 0.303 e. The molecule has 2 aromatic heterocycles. The van der Waals surface area contributed by atoms with Crippen molar-refractivity contribution in [1.29, 1.82) is 0 Å². The first-order valence-electron chi connectivity index (χ1n) is 7.01. The number of ether oxygens (including phenoxy) is 1. The van der Waals surface area contributed by atoms with Crippen LogP contribution in [-0.4, -0.2) is 22.6 Å². The fraction of sp³-hybridized carbons (Fsp3) is 0.312. The lowest BCUT2D eigenvalue weighted by atomic mass is 9.91. The summed E-state index contributed by atoms with van der Waals surface area (Å²) in [5.41, 5.74) is 1.18. The number of thiophene rings is 2. The second-order valence-corrected chi connectivity index (χ2v) is 7.34. The molecule has 0 amide bonds. The summed E-state index contributed by atoms with van der Waals surface area (Å²) in [4.78, 5) is 37.9. The molecule has 0 aromatic carbocycles. The summed E-state index contributed by atoms with van der Waals surface area (Å²) in [7, 11) is 0. The Kier molecular flexibility index (Phi) is 3.95. The number of aliphatic hydroxyl groups is 1. The number of fused-ring (bicyclic) bond motifs is 2. The fourth-order valence-electron chi connectivity index (χ4n) is 2.58. The second-order valence-electron chi connectivity index (χ2n) is 5.37. The van der Waals surface area contributed by atoms with Gasteiger partial charge in [0.25, 0.3) is 0 Å². The quantitative estimate of drug-likeness (QED) is 0.733. The molecule has 0 saturated heterocycles. The number of aliphatic hydroxyl groups excluding tert-OH is 1. The van der Waals surface area contributed by atoms with E-state index in [-0.39, 0.29) is 11.6 Å². The van der Waals surface area contributed by atoms with Gasteiger partial charge in [0.15, 0.2) is 5.78 Å². The topological polar surface area (TPSA) is 80.7 Å². The first-order valence-corrected chi connectivity index (χ1v) is 8.70. The Morgan fingerprint density at radius 3 is 2.52 bits per heavy atom. The van der Waals surface area contributed by atoms with Gasteiger partial charge >= 0.3 is 5.97 Å². The molecule has 0 fully saturated rings. The highest BCUT2D eigenvalue weighted by Crippen LogP contribution is 2.41. The highest BCUT2D eigenvalue weighted by Gasteiger charge is 2.37. The zero-order valence-corrected chi connectivity index (χ0v) is 14.3. The Balaban J connectivity index is 2.10. The molecule has 0 aliphatic heterocycles. The summed E-state index contributed by atoms with van der Waals surface area (Å²) in [5.74, 6) is -0.912. The molecule has 2 atom stereocenters. The molecule has 3 rings (SSSR count). The minimum absolute atomic E-state index is 0.210. The van der Waals surface area contributed by atoms with Gasteiger partial charge in [-0.3, -0.25) is 14.4 Å². The third-order valence-corrected chi connectivity index (χ3v) is 5.95. The van der Waals surface area contributed by atoms with Crippen LogP contribution in [0.1, 0.15) is 73.9 Å². The lowest BCUT2D eigenvalue weighted by Crippen LogP contribution is -2.19. The monoisotopic (exact) mass is 350 g/mol. The van der Waals surface area contributed by atoms with E-state index in [1.54, 1.807) is 25.3 Å². The van der Waals surface area contributed by atoms with Crippen LogP contribution in [0.25, 0.3) is 0 Å². The Bertz CT molecular complexity index is 828. The minimum atomic E-state index is -0.733. The second kappa shape index (κ2) is 5.67. The van der Waals surface area contributed by atoms with E-state index in [9.17, 15) is 19.5 Å². The molecule has 7 heteroatoms. The van der Waals surface area contributed by atoms with Gasteiger partial charge in [0.05, 0.1) is 21.4 Å². The van der Waals surface area contributed by atoms with Crippen molar-refractivity contribution in [3.8, 4) is 0 Å². The summed E-state index contributed by atoms with van der Waals surface area (Å²) >= 11 is 2.33. The number of hydrogen-bond acceptors (Lipinski definition) is 7. The Morgan fingerprint density at radius 1 is 1.22 bits per heavy atom. The van der Waals surface area contributed by atoms with Gasteiger partial charge in [0, 0.05) is 22.9 Å². The zero-order chi connectivity index (χ0) is 16.9. The van der Waals surface area contributed by atoms with Crippen LogP contribution in [0.3, 0.4) is 0 Å². The fourth-order valence-corrected chi connectivity index (χ4v) is 4.77. The van der Waals surface area contributed by atoms with E-state index in [4.69, 9.17) is 4.74 Å². The van der Waals surface area contributed by atoms with Crippen LogP contribution in [0.4, 0.5) is 0 Å². The van der Waals surface area contributed by atoms with Gasteiger partial charge in [-0.25, -0.2) is 0 Å². The lowest BCUT2D eigenvalue weighted by Gasteiger charge is -2.15. The lowest BCUT2D eigenvalue weighted by molar-refractivity contribution is -0.145. The molecule has 5 nitrogen and oxygen atoms in total. The third-order valence-electron chi connectivity index (χ3n) is 3.65. The smallest absolute Gasteiger partial charge is 0.303 e. The van der Waals surface area contributed by atoms with Crippen molar-refractivity contribution < 1.29 is 24.2 Å². The summed E-state index contributed by atoms with van der Waals surface area (Å²) in [6, 6.07) is 1.58. The number of rotatable bonds is 3. The molecule has 0 bridgehead atoms. The normalized spacial score (nSPS) is 15.8. The van der Waals surface area contributed by atoms with E-state index in [1.165, 1.54) is 18.3 Å². The van der Waals surface area contributed by atoms with Gasteiger partial charge in [-0.15, -0.1) is 22.7 Å². The number of esters is 1. The van der Waals surface area contributed by atoms with Gasteiger partial charge in [-0.05, 0) is 25.3 Å². The predicted octanol–water partition coefficient (Wildman–Crippen LogP) is 3.26. The van der Waals surface area contributed by atoms with E-state index in [2.05, 4.69) is 0 Å². The molecule has 0 saturated carbocycles. The predicted molar refractivity (Wildman–Crippen MR) is 86.3 cm³/mol. The Morgan fingerprint density at radius 2 is 1.91 bits per heavy atom. The molecule has 23 heavy (non-hydrogen) atoms. The first kappa shape index (κ1) is 16.0. The minimum Gasteiger partial charge on any atom is -0.458 e. The Hall–Kier alpha value is -1.83. The van der Waals surface area contributed by atoms with Gasteiger partial charge in [0.1, 0.15) is 6.10 Å². The summed E-state index contributed by atoms with van der Waals surface area (Å²) < 4.78 is 5.14. The number of hydrogen-bond donors (Lipinski definition) is 1. The van der Waals surface area contributed by atoms with Crippen LogP contribution < -0.4 is 0 Å². The van der Waals surface area contributed by atoms with Crippen molar-refractivity contribution in [1.82, 2.24) is 0 Å². The molecule has 1 N–H and O–H groups in total. The van der Waals surface area contributed by atoms with E-state index in [0.717, 1.165) is 11.3 Å². The van der Waals surface area contributed by atoms with E-state index in [1.807, 2.05) is 0 Å². The maximum atomic E-state index is 12.8.